The predicted molar refractivity (Wildman–Crippen MR) is 322 cm³/mol. The summed E-state index contributed by atoms with van der Waals surface area (Å²) in [6.45, 7) is 17.5. The second kappa shape index (κ2) is 34.2. The number of carboxylic acids is 3. The molecule has 7 N–H and O–H groups in total. The molecule has 29 heteroatoms. The summed E-state index contributed by atoms with van der Waals surface area (Å²) in [6, 6.07) is 30.7. The van der Waals surface area contributed by atoms with E-state index in [0.717, 1.165) is 116 Å². The van der Waals surface area contributed by atoms with Crippen LogP contribution < -0.4 is 16.0 Å². The number of hydrogen-bond donors (Lipinski definition) is 7. The van der Waals surface area contributed by atoms with Crippen LogP contribution in [0.3, 0.4) is 0 Å². The molecule has 2 atom stereocenters. The van der Waals surface area contributed by atoms with Crippen molar-refractivity contribution >= 4 is 69.4 Å². The number of rotatable bonds is 7. The molecule has 0 aliphatic carbocycles. The van der Waals surface area contributed by atoms with Crippen LogP contribution in [0.25, 0.3) is 33.7 Å². The molecule has 10 rings (SSSR count). The second-order valence-electron chi connectivity index (χ2n) is 20.2. The number of carbonyl (C=O) groups excluding carboxylic acids is 1. The maximum absolute atomic E-state index is 10.6. The fourth-order valence-electron chi connectivity index (χ4n) is 9.22. The minimum absolute atomic E-state index is 0. The number of ketones is 1. The molecule has 4 aliphatic rings. The lowest BCUT2D eigenvalue weighted by Gasteiger charge is -2.30. The highest BCUT2D eigenvalue weighted by Gasteiger charge is 2.40. The largest absolute Gasteiger partial charge is 0.490 e. The first-order chi connectivity index (χ1) is 41.2. The lowest BCUT2D eigenvalue weighted by atomic mass is 9.90. The molecule has 0 fully saturated rings. The van der Waals surface area contributed by atoms with E-state index in [0.29, 0.717) is 6.04 Å². The number of aliphatic hydroxyl groups is 1. The van der Waals surface area contributed by atoms with Gasteiger partial charge < -0.3 is 41.2 Å². The van der Waals surface area contributed by atoms with Crippen LogP contribution in [-0.2, 0) is 32.3 Å². The number of aliphatic carboxylic acids is 3. The van der Waals surface area contributed by atoms with E-state index in [1.54, 1.807) is 0 Å². The van der Waals surface area contributed by atoms with Gasteiger partial charge in [-0.25, -0.2) is 23.7 Å². The van der Waals surface area contributed by atoms with Gasteiger partial charge in [0.2, 0.25) is 0 Å². The first-order valence-electron chi connectivity index (χ1n) is 27.0. The van der Waals surface area contributed by atoms with Gasteiger partial charge in [-0.15, -0.1) is 10.2 Å². The summed E-state index contributed by atoms with van der Waals surface area (Å²) in [6.07, 6.45) is -6.51. The molecule has 0 amide bonds. The number of carboxylic acid groups (broad SMARTS) is 3. The molecule has 6 heterocycles. The number of Topliss-reactive ketones (excluding diaryl/α,β-unsaturated/α-hetero) is 1. The Morgan fingerprint density at radius 3 is 1.26 bits per heavy atom. The average molecular weight is 1300 g/mol. The minimum Gasteiger partial charge on any atom is -0.475 e. The molecule has 4 aromatic carbocycles. The Bertz CT molecular complexity index is 3310. The fraction of sp³-hybridized carbons (Fsp3) is 0.400. The highest BCUT2D eigenvalue weighted by Crippen LogP contribution is 2.41. The van der Waals surface area contributed by atoms with Gasteiger partial charge in [0.15, 0.2) is 0 Å². The molecule has 0 radical (unpaired) electrons. The number of aliphatic hydroxyl groups excluding tert-OH is 1. The Morgan fingerprint density at radius 2 is 0.955 bits per heavy atom. The van der Waals surface area contributed by atoms with E-state index in [1.165, 1.54) is 58.4 Å². The molecule has 2 aromatic heterocycles. The monoisotopic (exact) mass is 1300 g/mol. The third kappa shape index (κ3) is 22.9. The molecule has 89 heavy (non-hydrogen) atoms. The lowest BCUT2D eigenvalue weighted by Crippen LogP contribution is -2.34. The van der Waals surface area contributed by atoms with Crippen LogP contribution in [-0.4, -0.2) is 137 Å². The van der Waals surface area contributed by atoms with E-state index in [-0.39, 0.29) is 25.3 Å². The molecular formula is C60H71Cl2F9N10O8. The van der Waals surface area contributed by atoms with Gasteiger partial charge in [-0.1, -0.05) is 77.5 Å². The molecule has 18 nitrogen and oxygen atoms in total. The summed E-state index contributed by atoms with van der Waals surface area (Å²) < 4.78 is 99.3. The molecule has 0 saturated heterocycles. The van der Waals surface area contributed by atoms with Crippen molar-refractivity contribution in [2.45, 2.75) is 124 Å². The van der Waals surface area contributed by atoms with Crippen molar-refractivity contribution in [2.75, 3.05) is 43.9 Å². The van der Waals surface area contributed by atoms with E-state index >= 15 is 0 Å². The van der Waals surface area contributed by atoms with Gasteiger partial charge in [0.25, 0.3) is 0 Å². The molecule has 0 spiro atoms. The second-order valence-corrected chi connectivity index (χ2v) is 21.0. The number of nitrogens with zero attached hydrogens (tertiary/aromatic N) is 7. The Kier molecular flexibility index (Phi) is 29.0. The molecule has 4 aliphatic heterocycles. The van der Waals surface area contributed by atoms with Gasteiger partial charge >= 0.3 is 36.4 Å². The smallest absolute Gasteiger partial charge is 0.475 e. The molecule has 0 saturated carbocycles. The van der Waals surface area contributed by atoms with Crippen molar-refractivity contribution in [3.63, 3.8) is 0 Å². The van der Waals surface area contributed by atoms with Crippen molar-refractivity contribution in [3.8, 4) is 22.5 Å². The first kappa shape index (κ1) is 75.4. The summed E-state index contributed by atoms with van der Waals surface area (Å²) >= 11 is 12.2. The van der Waals surface area contributed by atoms with Crippen LogP contribution in [0.4, 0.5) is 50.9 Å². The number of fused-ring (bicyclic) bond motifs is 6. The third-order valence-corrected chi connectivity index (χ3v) is 13.8. The Morgan fingerprint density at radius 1 is 0.596 bits per heavy atom. The SMILES string of the molecule is C.CC(C)=O.CO.Cc1nnn2c1-c1ccc(C3=CCN(C(C)C)CC3)cc1C(Nc1ccc(Cl)cc1)CC2.Cc1nnn2c1-c1ccc(C3=CCNCC3)cc1C(Nc1ccc(Cl)cc1)CC2.O=C(O)C(F)(F)F.O=C(O)C(F)(F)F.O=C(O)C(F)(F)F. The lowest BCUT2D eigenvalue weighted by molar-refractivity contribution is -0.193. The van der Waals surface area contributed by atoms with E-state index in [1.807, 2.05) is 67.1 Å². The highest BCUT2D eigenvalue weighted by molar-refractivity contribution is 6.30. The Hall–Kier alpha value is -7.85. The molecule has 486 valence electrons. The molecule has 0 bridgehead atoms. The summed E-state index contributed by atoms with van der Waals surface area (Å²) in [7, 11) is 1.00. The highest BCUT2D eigenvalue weighted by atomic mass is 35.5. The number of carbonyl (C=O) groups is 4. The maximum atomic E-state index is 10.6. The van der Waals surface area contributed by atoms with E-state index < -0.39 is 36.4 Å². The number of aryl methyl sites for hydroxylation is 4. The topological polar surface area (TPSA) is 250 Å². The van der Waals surface area contributed by atoms with E-state index in [4.69, 9.17) is 58.0 Å². The number of aromatic nitrogens is 6. The van der Waals surface area contributed by atoms with Gasteiger partial charge in [0.1, 0.15) is 5.78 Å². The van der Waals surface area contributed by atoms with Gasteiger partial charge in [-0.3, -0.25) is 4.90 Å². The first-order valence-corrected chi connectivity index (χ1v) is 27.8. The number of halogens is 11. The number of hydrogen-bond acceptors (Lipinski definition) is 13. The number of nitrogens with one attached hydrogen (secondary N) is 3. The predicted octanol–water partition coefficient (Wildman–Crippen LogP) is 13.5. The molecular weight excluding hydrogens is 1230 g/mol. The Labute approximate surface area is 518 Å². The minimum atomic E-state index is -5.08. The number of alkyl halides is 9. The normalized spacial score (nSPS) is 15.7. The molecule has 2 unspecified atom stereocenters. The van der Waals surface area contributed by atoms with Crippen molar-refractivity contribution in [3.05, 3.63) is 141 Å². The van der Waals surface area contributed by atoms with Crippen LogP contribution in [0, 0.1) is 13.8 Å². The van der Waals surface area contributed by atoms with Gasteiger partial charge in [-0.05, 0) is 168 Å². The zero-order valence-corrected chi connectivity index (χ0v) is 50.3. The van der Waals surface area contributed by atoms with Crippen molar-refractivity contribution in [2.24, 2.45) is 0 Å². The van der Waals surface area contributed by atoms with Gasteiger partial charge in [-0.2, -0.15) is 39.5 Å². The van der Waals surface area contributed by atoms with E-state index in [2.05, 4.69) is 109 Å². The number of anilines is 2. The summed E-state index contributed by atoms with van der Waals surface area (Å²) in [4.78, 5) is 38.7. The Balaban J connectivity index is 0.000000329. The zero-order chi connectivity index (χ0) is 65.8. The van der Waals surface area contributed by atoms with Crippen LogP contribution in [0.1, 0.15) is 107 Å². The maximum Gasteiger partial charge on any atom is 0.490 e. The van der Waals surface area contributed by atoms with Crippen LogP contribution in [0.5, 0.6) is 0 Å². The average Bonchev–Trinajstić information content (AvgIpc) is 1.72. The van der Waals surface area contributed by atoms with Crippen LogP contribution in [0.2, 0.25) is 10.0 Å². The third-order valence-electron chi connectivity index (χ3n) is 13.3. The standard InChI is InChI=1S/C26H30ClN5.C23H24ClN5.C3H6O.3C2HF3O2.CH4O.CH4/c1-17(2)31-13-10-19(11-14-31)20-4-9-23-24(16-20)25(28-22-7-5-21(27)6-8-22)12-15-32-26(23)18(3)29-30-32;1-15-23-20-7-2-17(16-8-11-25-12-9-16)14-21(20)22(10-13-29(23)28-27-15)26-19-5-3-18(24)4-6-19;1-3(2)4;3*3-2(4,5)1(6)7;1-2;/h4-10,16-17,25,28H,11-15H2,1-3H3;2-8,14,22,25-26H,9-13H2,1H3;1-2H3;3*(H,6,7);2H,1H3;1H4. The van der Waals surface area contributed by atoms with Gasteiger partial charge in [0.05, 0.1) is 34.9 Å². The zero-order valence-electron chi connectivity index (χ0n) is 48.8. The summed E-state index contributed by atoms with van der Waals surface area (Å²) in [5, 5.41) is 58.2. The van der Waals surface area contributed by atoms with Crippen molar-refractivity contribution in [1.82, 2.24) is 40.2 Å². The van der Waals surface area contributed by atoms with Crippen molar-refractivity contribution in [1.29, 1.82) is 0 Å². The quantitative estimate of drug-likeness (QED) is 0.0734. The number of benzene rings is 4. The van der Waals surface area contributed by atoms with Crippen LogP contribution >= 0.6 is 23.2 Å². The molecule has 6 aromatic rings. The summed E-state index contributed by atoms with van der Waals surface area (Å²) in [5.41, 5.74) is 16.9. The van der Waals surface area contributed by atoms with Crippen molar-refractivity contribution < 1.29 is 79.1 Å². The fourth-order valence-corrected chi connectivity index (χ4v) is 9.47. The van der Waals surface area contributed by atoms with E-state index in [9.17, 15) is 44.3 Å². The summed E-state index contributed by atoms with van der Waals surface area (Å²) in [5.74, 6) is -8.10. The van der Waals surface area contributed by atoms with Crippen LogP contribution in [0.15, 0.2) is 97.1 Å². The van der Waals surface area contributed by atoms with Gasteiger partial charge in [0, 0.05) is 78.4 Å².